The molecule has 0 bridgehead atoms. The van der Waals surface area contributed by atoms with Crippen LogP contribution in [0, 0.1) is 6.92 Å². The van der Waals surface area contributed by atoms with Crippen LogP contribution in [0.5, 0.6) is 0 Å². The standard InChI is InChI=1S/C16H17N3O/c1-12-14(10-18-9-13-4-6-17-7-5-13)15(11-19-12)16-3-2-8-20-16/h2-8,11,18-19H,9-10H2,1H3. The summed E-state index contributed by atoms with van der Waals surface area (Å²) in [5.74, 6) is 0.898. The number of aryl methyl sites for hydroxylation is 1. The topological polar surface area (TPSA) is 53.9 Å². The first kappa shape index (κ1) is 12.7. The monoisotopic (exact) mass is 267 g/mol. The van der Waals surface area contributed by atoms with Crippen LogP contribution >= 0.6 is 0 Å². The maximum absolute atomic E-state index is 5.48. The number of aromatic amines is 1. The van der Waals surface area contributed by atoms with Crippen LogP contribution < -0.4 is 5.32 Å². The molecule has 0 aliphatic rings. The van der Waals surface area contributed by atoms with Crippen LogP contribution in [0.4, 0.5) is 0 Å². The Labute approximate surface area is 117 Å². The van der Waals surface area contributed by atoms with Gasteiger partial charge in [-0.3, -0.25) is 4.98 Å². The minimum atomic E-state index is 0.799. The molecule has 0 saturated heterocycles. The van der Waals surface area contributed by atoms with Crippen molar-refractivity contribution >= 4 is 0 Å². The first-order chi connectivity index (χ1) is 9.84. The molecule has 4 heteroatoms. The molecule has 0 saturated carbocycles. The number of nitrogens with zero attached hydrogens (tertiary/aromatic N) is 1. The number of H-pyrrole nitrogens is 1. The third-order valence-corrected chi connectivity index (χ3v) is 3.38. The second-order valence-electron chi connectivity index (χ2n) is 4.74. The number of pyridine rings is 1. The van der Waals surface area contributed by atoms with E-state index in [-0.39, 0.29) is 0 Å². The summed E-state index contributed by atoms with van der Waals surface area (Å²) >= 11 is 0. The van der Waals surface area contributed by atoms with E-state index in [4.69, 9.17) is 4.42 Å². The summed E-state index contributed by atoms with van der Waals surface area (Å²) in [5.41, 5.74) is 4.76. The van der Waals surface area contributed by atoms with E-state index in [1.54, 1.807) is 6.26 Å². The Balaban J connectivity index is 1.70. The van der Waals surface area contributed by atoms with Crippen LogP contribution in [0.3, 0.4) is 0 Å². The quantitative estimate of drug-likeness (QED) is 0.746. The molecule has 4 nitrogen and oxygen atoms in total. The van der Waals surface area contributed by atoms with E-state index < -0.39 is 0 Å². The van der Waals surface area contributed by atoms with Gasteiger partial charge in [-0.15, -0.1) is 0 Å². The molecule has 0 aliphatic heterocycles. The Hall–Kier alpha value is -2.33. The predicted octanol–water partition coefficient (Wildman–Crippen LogP) is 3.27. The van der Waals surface area contributed by atoms with Gasteiger partial charge in [0.25, 0.3) is 0 Å². The minimum Gasteiger partial charge on any atom is -0.464 e. The zero-order valence-corrected chi connectivity index (χ0v) is 11.4. The first-order valence-corrected chi connectivity index (χ1v) is 6.65. The fourth-order valence-corrected chi connectivity index (χ4v) is 2.27. The molecule has 0 amide bonds. The van der Waals surface area contributed by atoms with Gasteiger partial charge in [0.1, 0.15) is 5.76 Å². The molecule has 3 heterocycles. The summed E-state index contributed by atoms with van der Waals surface area (Å²) in [6.07, 6.45) is 7.32. The highest BCUT2D eigenvalue weighted by molar-refractivity contribution is 5.62. The van der Waals surface area contributed by atoms with Gasteiger partial charge in [0, 0.05) is 42.9 Å². The molecular weight excluding hydrogens is 250 g/mol. The predicted molar refractivity (Wildman–Crippen MR) is 78.0 cm³/mol. The number of rotatable bonds is 5. The Morgan fingerprint density at radius 1 is 1.20 bits per heavy atom. The molecule has 0 spiro atoms. The fourth-order valence-electron chi connectivity index (χ4n) is 2.27. The Morgan fingerprint density at radius 3 is 2.80 bits per heavy atom. The van der Waals surface area contributed by atoms with Crippen molar-refractivity contribution in [1.82, 2.24) is 15.3 Å². The molecule has 0 aliphatic carbocycles. The van der Waals surface area contributed by atoms with Gasteiger partial charge in [0.2, 0.25) is 0 Å². The second kappa shape index (κ2) is 5.75. The molecule has 0 fully saturated rings. The average Bonchev–Trinajstić information content (AvgIpc) is 3.11. The lowest BCUT2D eigenvalue weighted by atomic mass is 10.1. The van der Waals surface area contributed by atoms with Crippen molar-refractivity contribution in [3.63, 3.8) is 0 Å². The Kier molecular flexibility index (Phi) is 3.65. The number of hydrogen-bond acceptors (Lipinski definition) is 3. The maximum atomic E-state index is 5.48. The van der Waals surface area contributed by atoms with E-state index in [2.05, 4.69) is 22.2 Å². The van der Waals surface area contributed by atoms with Crippen LogP contribution in [0.15, 0.2) is 53.5 Å². The SMILES string of the molecule is Cc1[nH]cc(-c2ccco2)c1CNCc1ccncc1. The molecule has 3 aromatic heterocycles. The fraction of sp³-hybridized carbons (Fsp3) is 0.188. The number of aromatic nitrogens is 2. The molecule has 0 radical (unpaired) electrons. The summed E-state index contributed by atoms with van der Waals surface area (Å²) in [6, 6.07) is 7.93. The van der Waals surface area contributed by atoms with Crippen LogP contribution in [0.25, 0.3) is 11.3 Å². The highest BCUT2D eigenvalue weighted by atomic mass is 16.3. The van der Waals surface area contributed by atoms with Crippen LogP contribution in [-0.4, -0.2) is 9.97 Å². The summed E-state index contributed by atoms with van der Waals surface area (Å²) in [6.45, 7) is 3.70. The summed E-state index contributed by atoms with van der Waals surface area (Å²) < 4.78 is 5.48. The average molecular weight is 267 g/mol. The van der Waals surface area contributed by atoms with E-state index >= 15 is 0 Å². The van der Waals surface area contributed by atoms with E-state index in [1.165, 1.54) is 16.8 Å². The molecule has 3 rings (SSSR count). The van der Waals surface area contributed by atoms with Crippen molar-refractivity contribution in [1.29, 1.82) is 0 Å². The van der Waals surface area contributed by atoms with Gasteiger partial charge in [-0.1, -0.05) is 0 Å². The van der Waals surface area contributed by atoms with E-state index in [0.717, 1.165) is 24.4 Å². The molecular formula is C16H17N3O. The van der Waals surface area contributed by atoms with Gasteiger partial charge in [0.15, 0.2) is 0 Å². The molecule has 20 heavy (non-hydrogen) atoms. The van der Waals surface area contributed by atoms with Gasteiger partial charge in [-0.25, -0.2) is 0 Å². The molecule has 0 atom stereocenters. The summed E-state index contributed by atoms with van der Waals surface area (Å²) in [4.78, 5) is 7.28. The Morgan fingerprint density at radius 2 is 2.05 bits per heavy atom. The largest absolute Gasteiger partial charge is 0.464 e. The lowest BCUT2D eigenvalue weighted by molar-refractivity contribution is 0.580. The third-order valence-electron chi connectivity index (χ3n) is 3.38. The molecule has 0 unspecified atom stereocenters. The summed E-state index contributed by atoms with van der Waals surface area (Å²) in [5, 5.41) is 3.46. The molecule has 3 aromatic rings. The van der Waals surface area contributed by atoms with E-state index in [9.17, 15) is 0 Å². The summed E-state index contributed by atoms with van der Waals surface area (Å²) in [7, 11) is 0. The molecule has 102 valence electrons. The van der Waals surface area contributed by atoms with Crippen molar-refractivity contribution in [2.45, 2.75) is 20.0 Å². The van der Waals surface area contributed by atoms with Crippen molar-refractivity contribution in [2.24, 2.45) is 0 Å². The zero-order valence-electron chi connectivity index (χ0n) is 11.4. The number of nitrogens with one attached hydrogen (secondary N) is 2. The van der Waals surface area contributed by atoms with Gasteiger partial charge in [0.05, 0.1) is 6.26 Å². The highest BCUT2D eigenvalue weighted by Crippen LogP contribution is 2.26. The van der Waals surface area contributed by atoms with Crippen molar-refractivity contribution in [2.75, 3.05) is 0 Å². The van der Waals surface area contributed by atoms with Crippen LogP contribution in [0.2, 0.25) is 0 Å². The van der Waals surface area contributed by atoms with Crippen LogP contribution in [0.1, 0.15) is 16.8 Å². The van der Waals surface area contributed by atoms with Gasteiger partial charge in [-0.2, -0.15) is 0 Å². The lowest BCUT2D eigenvalue weighted by Gasteiger charge is -2.06. The van der Waals surface area contributed by atoms with E-state index in [0.29, 0.717) is 0 Å². The van der Waals surface area contributed by atoms with Crippen molar-refractivity contribution < 1.29 is 4.42 Å². The third kappa shape index (κ3) is 2.65. The number of furan rings is 1. The normalized spacial score (nSPS) is 10.8. The smallest absolute Gasteiger partial charge is 0.135 e. The zero-order chi connectivity index (χ0) is 13.8. The second-order valence-corrected chi connectivity index (χ2v) is 4.74. The van der Waals surface area contributed by atoms with Gasteiger partial charge < -0.3 is 14.7 Å². The molecule has 0 aromatic carbocycles. The van der Waals surface area contributed by atoms with Gasteiger partial charge in [-0.05, 0) is 42.3 Å². The Bertz CT molecular complexity index is 656. The van der Waals surface area contributed by atoms with Crippen LogP contribution in [-0.2, 0) is 13.1 Å². The maximum Gasteiger partial charge on any atom is 0.135 e. The highest BCUT2D eigenvalue weighted by Gasteiger charge is 2.11. The molecule has 2 N–H and O–H groups in total. The van der Waals surface area contributed by atoms with Crippen molar-refractivity contribution in [3.05, 3.63) is 65.9 Å². The lowest BCUT2D eigenvalue weighted by Crippen LogP contribution is -2.13. The number of hydrogen-bond donors (Lipinski definition) is 2. The van der Waals surface area contributed by atoms with Crippen molar-refractivity contribution in [3.8, 4) is 11.3 Å². The minimum absolute atomic E-state index is 0.799. The van der Waals surface area contributed by atoms with Gasteiger partial charge >= 0.3 is 0 Å². The first-order valence-electron chi connectivity index (χ1n) is 6.65. The van der Waals surface area contributed by atoms with E-state index in [1.807, 2.05) is 42.9 Å².